The van der Waals surface area contributed by atoms with Crippen molar-refractivity contribution in [2.24, 2.45) is 0 Å². The molecule has 8 nitrogen and oxygen atoms in total. The summed E-state index contributed by atoms with van der Waals surface area (Å²) < 4.78 is 0. The number of nitrogens with one attached hydrogen (secondary N) is 2. The minimum Gasteiger partial charge on any atom is -0.358 e. The van der Waals surface area contributed by atoms with Gasteiger partial charge in [0.1, 0.15) is 10.7 Å². The fourth-order valence-corrected chi connectivity index (χ4v) is 2.28. The van der Waals surface area contributed by atoms with Crippen LogP contribution in [0.25, 0.3) is 0 Å². The van der Waals surface area contributed by atoms with Crippen LogP contribution in [0.4, 0.5) is 17.5 Å². The molecule has 0 fully saturated rings. The van der Waals surface area contributed by atoms with Crippen molar-refractivity contribution in [3.63, 3.8) is 0 Å². The van der Waals surface area contributed by atoms with Crippen molar-refractivity contribution in [2.45, 2.75) is 26.8 Å². The molecule has 0 aliphatic carbocycles. The molecule has 2 rings (SSSR count). The maximum Gasteiger partial charge on any atom is 0.332 e. The van der Waals surface area contributed by atoms with E-state index in [1.165, 1.54) is 11.3 Å². The van der Waals surface area contributed by atoms with Crippen molar-refractivity contribution in [3.05, 3.63) is 32.4 Å². The van der Waals surface area contributed by atoms with E-state index in [0.29, 0.717) is 24.7 Å². The largest absolute Gasteiger partial charge is 0.358 e. The molecule has 21 heavy (non-hydrogen) atoms. The lowest BCUT2D eigenvalue weighted by atomic mass is 10.3. The van der Waals surface area contributed by atoms with E-state index in [1.54, 1.807) is 13.1 Å². The van der Waals surface area contributed by atoms with Gasteiger partial charge in [-0.3, -0.25) is 10.1 Å². The zero-order valence-electron chi connectivity index (χ0n) is 11.8. The van der Waals surface area contributed by atoms with Gasteiger partial charge in [-0.1, -0.05) is 6.92 Å². The van der Waals surface area contributed by atoms with Gasteiger partial charge in [-0.05, 0) is 13.3 Å². The standard InChI is InChI=1S/C12H16N6O2S/c1-3-4-14-12-16-8(2)10(18(19)20)11(17-12)15-7-9-13-5-6-21-9/h5-6H,3-4,7H2,1-2H3,(H2,14,15,16,17). The summed E-state index contributed by atoms with van der Waals surface area (Å²) >= 11 is 1.48. The van der Waals surface area contributed by atoms with Gasteiger partial charge in [0.05, 0.1) is 11.5 Å². The summed E-state index contributed by atoms with van der Waals surface area (Å²) in [5, 5.41) is 19.9. The summed E-state index contributed by atoms with van der Waals surface area (Å²) in [6.07, 6.45) is 2.61. The highest BCUT2D eigenvalue weighted by atomic mass is 32.1. The molecular formula is C12H16N6O2S. The van der Waals surface area contributed by atoms with E-state index in [0.717, 1.165) is 11.4 Å². The lowest BCUT2D eigenvalue weighted by Crippen LogP contribution is -2.11. The Morgan fingerprint density at radius 3 is 2.81 bits per heavy atom. The zero-order valence-corrected chi connectivity index (χ0v) is 12.6. The van der Waals surface area contributed by atoms with E-state index in [4.69, 9.17) is 0 Å². The molecule has 2 N–H and O–H groups in total. The quantitative estimate of drug-likeness (QED) is 0.598. The first-order valence-corrected chi connectivity index (χ1v) is 7.39. The number of nitrogens with zero attached hydrogens (tertiary/aromatic N) is 4. The summed E-state index contributed by atoms with van der Waals surface area (Å²) in [7, 11) is 0. The number of aryl methyl sites for hydroxylation is 1. The molecule has 2 aromatic rings. The molecule has 2 aromatic heterocycles. The number of nitro groups is 1. The van der Waals surface area contributed by atoms with Crippen LogP contribution in [-0.2, 0) is 6.54 Å². The van der Waals surface area contributed by atoms with Crippen molar-refractivity contribution in [1.82, 2.24) is 15.0 Å². The Morgan fingerprint density at radius 1 is 1.38 bits per heavy atom. The van der Waals surface area contributed by atoms with Crippen LogP contribution in [0.3, 0.4) is 0 Å². The van der Waals surface area contributed by atoms with E-state index in [1.807, 2.05) is 12.3 Å². The molecule has 0 aliphatic rings. The van der Waals surface area contributed by atoms with Crippen LogP contribution in [0.2, 0.25) is 0 Å². The van der Waals surface area contributed by atoms with E-state index in [9.17, 15) is 10.1 Å². The molecule has 0 amide bonds. The van der Waals surface area contributed by atoms with Crippen LogP contribution in [0, 0.1) is 17.0 Å². The Hall–Kier alpha value is -2.29. The first kappa shape index (κ1) is 15.1. The number of aromatic nitrogens is 3. The van der Waals surface area contributed by atoms with Crippen LogP contribution in [0.1, 0.15) is 24.0 Å². The van der Waals surface area contributed by atoms with Crippen molar-refractivity contribution >= 4 is 28.8 Å². The van der Waals surface area contributed by atoms with Gasteiger partial charge in [-0.2, -0.15) is 4.98 Å². The normalized spacial score (nSPS) is 10.4. The zero-order chi connectivity index (χ0) is 15.2. The fraction of sp³-hybridized carbons (Fsp3) is 0.417. The second-order valence-corrected chi connectivity index (χ2v) is 5.27. The van der Waals surface area contributed by atoms with Gasteiger partial charge >= 0.3 is 5.69 Å². The molecule has 0 spiro atoms. The molecule has 9 heteroatoms. The molecular weight excluding hydrogens is 292 g/mol. The van der Waals surface area contributed by atoms with Gasteiger partial charge in [0.15, 0.2) is 0 Å². The first-order chi connectivity index (χ1) is 10.1. The topological polar surface area (TPSA) is 106 Å². The molecule has 0 atom stereocenters. The lowest BCUT2D eigenvalue weighted by molar-refractivity contribution is -0.385. The third kappa shape index (κ3) is 3.85. The highest BCUT2D eigenvalue weighted by Crippen LogP contribution is 2.27. The van der Waals surface area contributed by atoms with E-state index in [-0.39, 0.29) is 11.5 Å². The van der Waals surface area contributed by atoms with Crippen molar-refractivity contribution in [2.75, 3.05) is 17.2 Å². The van der Waals surface area contributed by atoms with Crippen molar-refractivity contribution in [3.8, 4) is 0 Å². The number of rotatable bonds is 7. The van der Waals surface area contributed by atoms with Gasteiger partial charge < -0.3 is 10.6 Å². The Kier molecular flexibility index (Phi) is 4.99. The molecule has 0 aliphatic heterocycles. The smallest absolute Gasteiger partial charge is 0.332 e. The molecule has 0 saturated carbocycles. The van der Waals surface area contributed by atoms with Crippen LogP contribution in [0.5, 0.6) is 0 Å². The summed E-state index contributed by atoms with van der Waals surface area (Å²) in [6.45, 7) is 4.73. The van der Waals surface area contributed by atoms with Gasteiger partial charge in [-0.15, -0.1) is 11.3 Å². The highest BCUT2D eigenvalue weighted by molar-refractivity contribution is 7.09. The predicted molar refractivity (Wildman–Crippen MR) is 81.6 cm³/mol. The Morgan fingerprint density at radius 2 is 2.19 bits per heavy atom. The van der Waals surface area contributed by atoms with Gasteiger partial charge in [-0.25, -0.2) is 9.97 Å². The summed E-state index contributed by atoms with van der Waals surface area (Å²) in [6, 6.07) is 0. The Balaban J connectivity index is 2.25. The van der Waals surface area contributed by atoms with Gasteiger partial charge in [0.2, 0.25) is 11.8 Å². The third-order valence-corrected chi connectivity index (χ3v) is 3.44. The van der Waals surface area contributed by atoms with Crippen LogP contribution >= 0.6 is 11.3 Å². The summed E-state index contributed by atoms with van der Waals surface area (Å²) in [5.74, 6) is 0.600. The SMILES string of the molecule is CCCNc1nc(C)c([N+](=O)[O-])c(NCc2nccs2)n1. The Labute approximate surface area is 125 Å². The average Bonchev–Trinajstić information content (AvgIpc) is 2.95. The molecule has 2 heterocycles. The number of hydrogen-bond acceptors (Lipinski definition) is 8. The number of thiazole rings is 1. The second kappa shape index (κ2) is 6.93. The van der Waals surface area contributed by atoms with Crippen LogP contribution in [-0.4, -0.2) is 26.4 Å². The fourth-order valence-electron chi connectivity index (χ4n) is 1.72. The van der Waals surface area contributed by atoms with Gasteiger partial charge in [0, 0.05) is 18.1 Å². The third-order valence-electron chi connectivity index (χ3n) is 2.66. The monoisotopic (exact) mass is 308 g/mol. The maximum atomic E-state index is 11.2. The van der Waals surface area contributed by atoms with Gasteiger partial charge in [0.25, 0.3) is 0 Å². The maximum absolute atomic E-state index is 11.2. The second-order valence-electron chi connectivity index (χ2n) is 4.29. The first-order valence-electron chi connectivity index (χ1n) is 6.51. The molecule has 112 valence electrons. The average molecular weight is 308 g/mol. The van der Waals surface area contributed by atoms with Crippen LogP contribution in [0.15, 0.2) is 11.6 Å². The molecule has 0 unspecified atom stereocenters. The number of hydrogen-bond donors (Lipinski definition) is 2. The Bertz CT molecular complexity index is 616. The van der Waals surface area contributed by atoms with Crippen molar-refractivity contribution in [1.29, 1.82) is 0 Å². The van der Waals surface area contributed by atoms with E-state index < -0.39 is 4.92 Å². The number of anilines is 2. The molecule has 0 aromatic carbocycles. The highest BCUT2D eigenvalue weighted by Gasteiger charge is 2.22. The predicted octanol–water partition coefficient (Wildman–Crippen LogP) is 2.58. The molecule has 0 bridgehead atoms. The molecule has 0 saturated heterocycles. The van der Waals surface area contributed by atoms with Crippen molar-refractivity contribution < 1.29 is 4.92 Å². The van der Waals surface area contributed by atoms with Crippen LogP contribution < -0.4 is 10.6 Å². The lowest BCUT2D eigenvalue weighted by Gasteiger charge is -2.09. The van der Waals surface area contributed by atoms with E-state index >= 15 is 0 Å². The minimum atomic E-state index is -0.469. The molecule has 0 radical (unpaired) electrons. The van der Waals surface area contributed by atoms with E-state index in [2.05, 4.69) is 25.6 Å². The minimum absolute atomic E-state index is 0.103. The summed E-state index contributed by atoms with van der Waals surface area (Å²) in [5.41, 5.74) is 0.226. The summed E-state index contributed by atoms with van der Waals surface area (Å²) in [4.78, 5) is 23.2.